The van der Waals surface area contributed by atoms with Crippen LogP contribution < -0.4 is 0 Å². The molecule has 0 unspecified atom stereocenters. The van der Waals surface area contributed by atoms with Gasteiger partial charge in [-0.2, -0.15) is 9.78 Å². The van der Waals surface area contributed by atoms with Crippen LogP contribution in [0.5, 0.6) is 0 Å². The zero-order valence-electron chi connectivity index (χ0n) is 13.1. The average molecular weight is 453 g/mol. The summed E-state index contributed by atoms with van der Waals surface area (Å²) in [6.07, 6.45) is 0. The smallest absolute Gasteiger partial charge is 0.258 e. The average Bonchev–Trinajstić information content (AvgIpc) is 3.05. The Balaban J connectivity index is 0.00000196. The van der Waals surface area contributed by atoms with Crippen LogP contribution in [0.3, 0.4) is 0 Å². The highest BCUT2D eigenvalue weighted by Gasteiger charge is 2.21. The molecule has 0 aliphatic carbocycles. The highest BCUT2D eigenvalue weighted by Crippen LogP contribution is 2.29. The van der Waals surface area contributed by atoms with Crippen LogP contribution in [0.15, 0.2) is 58.8 Å². The van der Waals surface area contributed by atoms with Gasteiger partial charge in [-0.1, -0.05) is 35.5 Å². The molecule has 26 heavy (non-hydrogen) atoms. The lowest BCUT2D eigenvalue weighted by atomic mass is 10.1. The number of aromatic nitrogens is 3. The van der Waals surface area contributed by atoms with Gasteiger partial charge in [0.25, 0.3) is 5.69 Å². The van der Waals surface area contributed by atoms with Gasteiger partial charge in [0.1, 0.15) is 0 Å². The van der Waals surface area contributed by atoms with Crippen molar-refractivity contribution in [2.75, 3.05) is 5.75 Å². The number of non-ortho nitro benzene ring substituents is 1. The Hall–Kier alpha value is -2.23. The van der Waals surface area contributed by atoms with Crippen molar-refractivity contribution in [3.63, 3.8) is 0 Å². The minimum Gasteiger partial charge on any atom is -0.258 e. The predicted molar refractivity (Wildman–Crippen MR) is 107 cm³/mol. The Labute approximate surface area is 168 Å². The maximum absolute atomic E-state index is 11.0. The summed E-state index contributed by atoms with van der Waals surface area (Å²) in [6.45, 7) is 0. The second-order valence-electron chi connectivity index (χ2n) is 5.27. The molecule has 0 amide bonds. The van der Waals surface area contributed by atoms with Crippen molar-refractivity contribution in [3.05, 3.63) is 69.2 Å². The molecule has 132 valence electrons. The van der Waals surface area contributed by atoms with Crippen molar-refractivity contribution >= 4 is 51.7 Å². The predicted octanol–water partition coefficient (Wildman–Crippen LogP) is 4.44. The van der Waals surface area contributed by atoms with Gasteiger partial charge in [0.05, 0.1) is 10.6 Å². The highest BCUT2D eigenvalue weighted by molar-refractivity contribution is 8.93. The first-order valence-electron chi connectivity index (χ1n) is 7.28. The summed E-state index contributed by atoms with van der Waals surface area (Å²) in [5.41, 5.74) is 2.32. The summed E-state index contributed by atoms with van der Waals surface area (Å²) in [5.74, 6) is 1.17. The van der Waals surface area contributed by atoms with Crippen molar-refractivity contribution in [1.29, 1.82) is 0 Å². The molecule has 0 saturated carbocycles. The van der Waals surface area contributed by atoms with Crippen molar-refractivity contribution in [2.45, 2.75) is 5.16 Å². The van der Waals surface area contributed by atoms with Gasteiger partial charge in [-0.3, -0.25) is 10.1 Å². The van der Waals surface area contributed by atoms with Gasteiger partial charge in [0.15, 0.2) is 5.82 Å². The van der Waals surface area contributed by atoms with E-state index in [-0.39, 0.29) is 22.7 Å². The van der Waals surface area contributed by atoms with E-state index in [1.165, 1.54) is 23.9 Å². The Bertz CT molecular complexity index is 1010. The molecule has 0 radical (unpaired) electrons. The van der Waals surface area contributed by atoms with Gasteiger partial charge >= 0.3 is 0 Å². The summed E-state index contributed by atoms with van der Waals surface area (Å²) < 4.78 is 1.66. The summed E-state index contributed by atoms with van der Waals surface area (Å²) in [6, 6.07) is 13.7. The third kappa shape index (κ3) is 3.50. The quantitative estimate of drug-likeness (QED) is 0.433. The summed E-state index contributed by atoms with van der Waals surface area (Å²) >= 11 is 7.42. The fourth-order valence-corrected chi connectivity index (χ4v) is 3.41. The van der Waals surface area contributed by atoms with Crippen molar-refractivity contribution < 1.29 is 4.92 Å². The SMILES string of the molecule is Br.O=[N+]([O-])c1cccc(C2=Nn3c(nnc3-c3ccc(Cl)cc3)SC2)c1. The molecular weight excluding hydrogens is 442 g/mol. The van der Waals surface area contributed by atoms with Gasteiger partial charge < -0.3 is 0 Å². The van der Waals surface area contributed by atoms with Gasteiger partial charge in [-0.05, 0) is 24.3 Å². The molecule has 1 aromatic heterocycles. The lowest BCUT2D eigenvalue weighted by Crippen LogP contribution is -2.14. The largest absolute Gasteiger partial charge is 0.270 e. The summed E-state index contributed by atoms with van der Waals surface area (Å²) in [7, 11) is 0. The number of nitro benzene ring substituents is 1. The summed E-state index contributed by atoms with van der Waals surface area (Å²) in [5, 5.41) is 25.3. The molecular formula is C16H11BrClN5O2S. The van der Waals surface area contributed by atoms with Crippen LogP contribution in [-0.2, 0) is 0 Å². The maximum atomic E-state index is 11.0. The lowest BCUT2D eigenvalue weighted by molar-refractivity contribution is -0.384. The third-order valence-electron chi connectivity index (χ3n) is 3.66. The number of halogens is 2. The standard InChI is InChI=1S/C16H10ClN5O2S.BrH/c17-12-6-4-10(5-7-12)15-18-19-16-21(15)20-14(9-25-16)11-2-1-3-13(8-11)22(23)24;/h1-8H,9H2;1H. The molecule has 3 aromatic rings. The molecule has 0 fully saturated rings. The van der Waals surface area contributed by atoms with Crippen LogP contribution in [0.2, 0.25) is 5.02 Å². The van der Waals surface area contributed by atoms with Crippen LogP contribution in [0.25, 0.3) is 11.4 Å². The molecule has 0 atom stereocenters. The van der Waals surface area contributed by atoms with Crippen LogP contribution >= 0.6 is 40.3 Å². The number of hydrogen-bond acceptors (Lipinski definition) is 6. The van der Waals surface area contributed by atoms with E-state index in [2.05, 4.69) is 15.3 Å². The molecule has 7 nitrogen and oxygen atoms in total. The number of fused-ring (bicyclic) bond motifs is 1. The van der Waals surface area contributed by atoms with Gasteiger partial charge in [0, 0.05) is 34.0 Å². The lowest BCUT2D eigenvalue weighted by Gasteiger charge is -2.13. The number of nitro groups is 1. The number of hydrogen-bond donors (Lipinski definition) is 0. The Kier molecular flexibility index (Phi) is 5.40. The molecule has 0 N–H and O–H groups in total. The third-order valence-corrected chi connectivity index (χ3v) is 4.85. The molecule has 0 saturated heterocycles. The zero-order chi connectivity index (χ0) is 17.4. The zero-order valence-corrected chi connectivity index (χ0v) is 16.4. The first-order valence-corrected chi connectivity index (χ1v) is 8.65. The molecule has 0 spiro atoms. The van der Waals surface area contributed by atoms with Gasteiger partial charge in [0.2, 0.25) is 5.16 Å². The van der Waals surface area contributed by atoms with E-state index in [1.54, 1.807) is 22.9 Å². The second-order valence-corrected chi connectivity index (χ2v) is 6.65. The highest BCUT2D eigenvalue weighted by atomic mass is 79.9. The Morgan fingerprint density at radius 3 is 2.62 bits per heavy atom. The second kappa shape index (κ2) is 7.56. The first kappa shape index (κ1) is 18.6. The van der Waals surface area contributed by atoms with Gasteiger partial charge in [-0.25, -0.2) is 0 Å². The van der Waals surface area contributed by atoms with E-state index in [0.717, 1.165) is 11.3 Å². The Morgan fingerprint density at radius 2 is 1.88 bits per heavy atom. The van der Waals surface area contributed by atoms with E-state index in [4.69, 9.17) is 11.6 Å². The summed E-state index contributed by atoms with van der Waals surface area (Å²) in [4.78, 5) is 10.6. The molecule has 2 heterocycles. The molecule has 4 rings (SSSR count). The van der Waals surface area contributed by atoms with Gasteiger partial charge in [-0.15, -0.1) is 27.2 Å². The van der Waals surface area contributed by atoms with Crippen molar-refractivity contribution in [1.82, 2.24) is 14.9 Å². The Morgan fingerprint density at radius 1 is 1.12 bits per heavy atom. The minimum atomic E-state index is -0.413. The van der Waals surface area contributed by atoms with Crippen LogP contribution in [0, 0.1) is 10.1 Å². The monoisotopic (exact) mass is 451 g/mol. The normalized spacial score (nSPS) is 12.7. The molecule has 10 heteroatoms. The maximum Gasteiger partial charge on any atom is 0.270 e. The number of thioether (sulfide) groups is 1. The van der Waals surface area contributed by atoms with E-state index in [1.807, 2.05) is 18.2 Å². The molecule has 1 aliphatic heterocycles. The van der Waals surface area contributed by atoms with E-state index >= 15 is 0 Å². The molecule has 2 aromatic carbocycles. The number of nitrogens with zero attached hydrogens (tertiary/aromatic N) is 5. The van der Waals surface area contributed by atoms with E-state index in [9.17, 15) is 10.1 Å². The minimum absolute atomic E-state index is 0. The van der Waals surface area contributed by atoms with Crippen molar-refractivity contribution in [3.8, 4) is 11.4 Å². The fraction of sp³-hybridized carbons (Fsp3) is 0.0625. The van der Waals surface area contributed by atoms with E-state index in [0.29, 0.717) is 27.3 Å². The molecule has 1 aliphatic rings. The molecule has 0 bridgehead atoms. The van der Waals surface area contributed by atoms with E-state index < -0.39 is 4.92 Å². The van der Waals surface area contributed by atoms with Crippen LogP contribution in [0.4, 0.5) is 5.69 Å². The van der Waals surface area contributed by atoms with Crippen molar-refractivity contribution in [2.24, 2.45) is 5.10 Å². The van der Waals surface area contributed by atoms with Crippen LogP contribution in [0.1, 0.15) is 5.56 Å². The number of rotatable bonds is 3. The number of benzene rings is 2. The fourth-order valence-electron chi connectivity index (χ4n) is 2.45. The first-order chi connectivity index (χ1) is 12.1. The topological polar surface area (TPSA) is 86.2 Å². The van der Waals surface area contributed by atoms with Crippen LogP contribution in [-0.4, -0.2) is 31.3 Å².